The molecule has 1 N–H and O–H groups in total. The Bertz CT molecular complexity index is 420. The molecule has 0 fully saturated rings. The summed E-state index contributed by atoms with van der Waals surface area (Å²) in [5.41, 5.74) is -0.201. The van der Waals surface area contributed by atoms with E-state index in [2.05, 4.69) is 9.97 Å². The van der Waals surface area contributed by atoms with E-state index in [1.807, 2.05) is 0 Å². The van der Waals surface area contributed by atoms with Gasteiger partial charge in [-0.1, -0.05) is 6.92 Å². The van der Waals surface area contributed by atoms with E-state index in [4.69, 9.17) is 5.11 Å². The highest BCUT2D eigenvalue weighted by Gasteiger charge is 2.16. The zero-order chi connectivity index (χ0) is 13.0. The molecule has 1 aromatic rings. The molecule has 0 saturated heterocycles. The number of hydrogen-bond acceptors (Lipinski definition) is 6. The van der Waals surface area contributed by atoms with Crippen LogP contribution in [0, 0.1) is 16.0 Å². The lowest BCUT2D eigenvalue weighted by molar-refractivity contribution is -0.385. The second-order valence-corrected chi connectivity index (χ2v) is 3.62. The summed E-state index contributed by atoms with van der Waals surface area (Å²) >= 11 is 0. The standard InChI is InChI=1S/C9H12N4O4/c1-6(8(14)15)5-12(2)9-10-3-7(4-11-9)13(16)17/h3-4,6H,5H2,1-2H3,(H,14,15). The van der Waals surface area contributed by atoms with Crippen LogP contribution in [0.1, 0.15) is 6.92 Å². The van der Waals surface area contributed by atoms with Crippen molar-refractivity contribution in [1.82, 2.24) is 9.97 Å². The summed E-state index contributed by atoms with van der Waals surface area (Å²) < 4.78 is 0. The number of carboxylic acids is 1. The monoisotopic (exact) mass is 240 g/mol. The summed E-state index contributed by atoms with van der Waals surface area (Å²) in [5, 5.41) is 19.1. The molecule has 1 heterocycles. The molecule has 0 radical (unpaired) electrons. The predicted octanol–water partition coefficient (Wildman–Crippen LogP) is 0.542. The second-order valence-electron chi connectivity index (χ2n) is 3.62. The number of carbonyl (C=O) groups is 1. The fraction of sp³-hybridized carbons (Fsp3) is 0.444. The molecule has 1 atom stereocenters. The fourth-order valence-electron chi connectivity index (χ4n) is 1.18. The summed E-state index contributed by atoms with van der Waals surface area (Å²) in [4.78, 5) is 29.6. The van der Waals surface area contributed by atoms with Crippen molar-refractivity contribution in [1.29, 1.82) is 0 Å². The number of carboxylic acid groups (broad SMARTS) is 1. The third-order valence-corrected chi connectivity index (χ3v) is 2.15. The molecule has 8 heteroatoms. The molecule has 0 aromatic carbocycles. The van der Waals surface area contributed by atoms with Gasteiger partial charge in [-0.15, -0.1) is 0 Å². The van der Waals surface area contributed by atoms with Crippen molar-refractivity contribution >= 4 is 17.6 Å². The largest absolute Gasteiger partial charge is 0.481 e. The summed E-state index contributed by atoms with van der Waals surface area (Å²) in [6.45, 7) is 1.79. The summed E-state index contributed by atoms with van der Waals surface area (Å²) in [5.74, 6) is -1.23. The first-order chi connectivity index (χ1) is 7.91. The normalized spacial score (nSPS) is 11.9. The van der Waals surface area contributed by atoms with Crippen molar-refractivity contribution in [2.24, 2.45) is 5.92 Å². The third-order valence-electron chi connectivity index (χ3n) is 2.15. The maximum absolute atomic E-state index is 10.7. The third kappa shape index (κ3) is 3.37. The van der Waals surface area contributed by atoms with Gasteiger partial charge in [0.05, 0.1) is 10.8 Å². The number of hydrogen-bond donors (Lipinski definition) is 1. The van der Waals surface area contributed by atoms with E-state index < -0.39 is 16.8 Å². The van der Waals surface area contributed by atoms with Crippen molar-refractivity contribution in [3.05, 3.63) is 22.5 Å². The molecule has 0 bridgehead atoms. The van der Waals surface area contributed by atoms with Gasteiger partial charge in [-0.3, -0.25) is 14.9 Å². The van der Waals surface area contributed by atoms with Gasteiger partial charge in [-0.25, -0.2) is 9.97 Å². The van der Waals surface area contributed by atoms with Crippen LogP contribution in [0.4, 0.5) is 11.6 Å². The molecular formula is C9H12N4O4. The first-order valence-electron chi connectivity index (χ1n) is 4.82. The van der Waals surface area contributed by atoms with Crippen LogP contribution in [0.3, 0.4) is 0 Å². The molecule has 8 nitrogen and oxygen atoms in total. The van der Waals surface area contributed by atoms with Gasteiger partial charge < -0.3 is 10.0 Å². The van der Waals surface area contributed by atoms with E-state index in [9.17, 15) is 14.9 Å². The molecule has 17 heavy (non-hydrogen) atoms. The minimum absolute atomic E-state index is 0.201. The fourth-order valence-corrected chi connectivity index (χ4v) is 1.18. The number of nitrogens with zero attached hydrogens (tertiary/aromatic N) is 4. The van der Waals surface area contributed by atoms with Crippen molar-refractivity contribution in [2.45, 2.75) is 6.92 Å². The van der Waals surface area contributed by atoms with Crippen LogP contribution in [0.5, 0.6) is 0 Å². The first kappa shape index (κ1) is 12.8. The second kappa shape index (κ2) is 5.19. The van der Waals surface area contributed by atoms with Crippen molar-refractivity contribution in [3.63, 3.8) is 0 Å². The Balaban J connectivity index is 2.73. The molecule has 0 aliphatic carbocycles. The van der Waals surface area contributed by atoms with E-state index in [-0.39, 0.29) is 18.2 Å². The van der Waals surface area contributed by atoms with Gasteiger partial charge in [-0.05, 0) is 0 Å². The lowest BCUT2D eigenvalue weighted by Crippen LogP contribution is -2.29. The maximum Gasteiger partial charge on any atom is 0.308 e. The molecule has 92 valence electrons. The van der Waals surface area contributed by atoms with Gasteiger partial charge in [0.1, 0.15) is 12.4 Å². The molecule has 1 unspecified atom stereocenters. The lowest BCUT2D eigenvalue weighted by atomic mass is 10.2. The zero-order valence-corrected chi connectivity index (χ0v) is 9.40. The van der Waals surface area contributed by atoms with Crippen LogP contribution in [0.15, 0.2) is 12.4 Å². The molecule has 0 aliphatic rings. The zero-order valence-electron chi connectivity index (χ0n) is 9.40. The van der Waals surface area contributed by atoms with Gasteiger partial charge in [0.2, 0.25) is 5.95 Å². The number of aliphatic carboxylic acids is 1. The van der Waals surface area contributed by atoms with Crippen molar-refractivity contribution in [3.8, 4) is 0 Å². The van der Waals surface area contributed by atoms with Crippen molar-refractivity contribution < 1.29 is 14.8 Å². The quantitative estimate of drug-likeness (QED) is 0.590. The SMILES string of the molecule is CC(CN(C)c1ncc([N+](=O)[O-])cn1)C(=O)O. The van der Waals surface area contributed by atoms with Gasteiger partial charge >= 0.3 is 11.7 Å². The van der Waals surface area contributed by atoms with Gasteiger partial charge in [0.15, 0.2) is 0 Å². The minimum Gasteiger partial charge on any atom is -0.481 e. The summed E-state index contributed by atoms with van der Waals surface area (Å²) in [7, 11) is 1.63. The average Bonchev–Trinajstić information content (AvgIpc) is 2.28. The first-order valence-corrected chi connectivity index (χ1v) is 4.82. The number of aromatic nitrogens is 2. The van der Waals surface area contributed by atoms with E-state index in [1.165, 1.54) is 4.90 Å². The van der Waals surface area contributed by atoms with Gasteiger partial charge in [-0.2, -0.15) is 0 Å². The Kier molecular flexibility index (Phi) is 3.91. The van der Waals surface area contributed by atoms with Crippen LogP contribution in [-0.2, 0) is 4.79 Å². The number of nitro groups is 1. The van der Waals surface area contributed by atoms with Crippen molar-refractivity contribution in [2.75, 3.05) is 18.5 Å². The highest BCUT2D eigenvalue weighted by atomic mass is 16.6. The Morgan fingerprint density at radius 1 is 1.59 bits per heavy atom. The number of anilines is 1. The highest BCUT2D eigenvalue weighted by molar-refractivity contribution is 5.70. The van der Waals surface area contributed by atoms with Crippen LogP contribution in [0.2, 0.25) is 0 Å². The van der Waals surface area contributed by atoms with Gasteiger partial charge in [0, 0.05) is 13.6 Å². The number of rotatable bonds is 5. The molecule has 0 amide bonds. The van der Waals surface area contributed by atoms with Crippen LogP contribution in [-0.4, -0.2) is 39.6 Å². The maximum atomic E-state index is 10.7. The summed E-state index contributed by atoms with van der Waals surface area (Å²) in [6, 6.07) is 0. The molecule has 0 saturated carbocycles. The molecule has 1 aromatic heterocycles. The van der Waals surface area contributed by atoms with Crippen LogP contribution < -0.4 is 4.90 Å². The van der Waals surface area contributed by atoms with E-state index in [0.717, 1.165) is 12.4 Å². The Hall–Kier alpha value is -2.25. The Morgan fingerprint density at radius 3 is 2.53 bits per heavy atom. The Labute approximate surface area is 97.1 Å². The van der Waals surface area contributed by atoms with Crippen LogP contribution >= 0.6 is 0 Å². The molecule has 1 rings (SSSR count). The molecule has 0 spiro atoms. The highest BCUT2D eigenvalue weighted by Crippen LogP contribution is 2.11. The van der Waals surface area contributed by atoms with E-state index >= 15 is 0 Å². The smallest absolute Gasteiger partial charge is 0.308 e. The lowest BCUT2D eigenvalue weighted by Gasteiger charge is -2.18. The van der Waals surface area contributed by atoms with Gasteiger partial charge in [0.25, 0.3) is 0 Å². The summed E-state index contributed by atoms with van der Waals surface area (Å²) in [6.07, 6.45) is 2.18. The topological polar surface area (TPSA) is 109 Å². The average molecular weight is 240 g/mol. The van der Waals surface area contributed by atoms with Crippen LogP contribution in [0.25, 0.3) is 0 Å². The Morgan fingerprint density at radius 2 is 2.12 bits per heavy atom. The minimum atomic E-state index is -0.918. The predicted molar refractivity (Wildman–Crippen MR) is 58.8 cm³/mol. The molecular weight excluding hydrogens is 228 g/mol. The van der Waals surface area contributed by atoms with E-state index in [1.54, 1.807) is 14.0 Å². The molecule has 0 aliphatic heterocycles. The van der Waals surface area contributed by atoms with E-state index in [0.29, 0.717) is 0 Å².